The summed E-state index contributed by atoms with van der Waals surface area (Å²) >= 11 is 3.35. The molecule has 1 atom stereocenters. The van der Waals surface area contributed by atoms with Crippen LogP contribution in [0.4, 0.5) is 0 Å². The quantitative estimate of drug-likeness (QED) is 0.339. The Bertz CT molecular complexity index is 369. The molecule has 3 nitrogen and oxygen atoms in total. The van der Waals surface area contributed by atoms with E-state index in [2.05, 4.69) is 15.9 Å². The van der Waals surface area contributed by atoms with Crippen molar-refractivity contribution in [1.82, 2.24) is 0 Å². The molecule has 0 unspecified atom stereocenters. The number of cyclic esters (lactones) is 1. The van der Waals surface area contributed by atoms with E-state index in [9.17, 15) is 9.59 Å². The summed E-state index contributed by atoms with van der Waals surface area (Å²) in [7, 11) is 0. The maximum Gasteiger partial charge on any atom is 0.334 e. The van der Waals surface area contributed by atoms with Gasteiger partial charge in [-0.2, -0.15) is 0 Å². The van der Waals surface area contributed by atoms with E-state index in [1.165, 1.54) is 0 Å². The van der Waals surface area contributed by atoms with Gasteiger partial charge < -0.3 is 9.53 Å². The third kappa shape index (κ3) is 4.86. The zero-order valence-electron chi connectivity index (χ0n) is 10.2. The predicted octanol–water partition coefficient (Wildman–Crippen LogP) is 2.94. The van der Waals surface area contributed by atoms with Crippen LogP contribution in [0.2, 0.25) is 0 Å². The van der Waals surface area contributed by atoms with E-state index >= 15 is 0 Å². The minimum Gasteiger partial charge on any atom is -0.454 e. The number of rotatable bonds is 5. The highest BCUT2D eigenvalue weighted by molar-refractivity contribution is 9.09. The minimum atomic E-state index is -0.253. The molecule has 94 valence electrons. The molecular formula is C13H17BrO3. The largest absolute Gasteiger partial charge is 0.454 e. The van der Waals surface area contributed by atoms with E-state index in [4.69, 9.17) is 4.74 Å². The van der Waals surface area contributed by atoms with Crippen molar-refractivity contribution in [2.24, 2.45) is 0 Å². The predicted molar refractivity (Wildman–Crippen MR) is 70.0 cm³/mol. The molecule has 17 heavy (non-hydrogen) atoms. The molecule has 1 saturated heterocycles. The molecule has 0 aromatic heterocycles. The summed E-state index contributed by atoms with van der Waals surface area (Å²) in [6.07, 6.45) is 5.34. The van der Waals surface area contributed by atoms with Crippen LogP contribution in [0, 0.1) is 0 Å². The van der Waals surface area contributed by atoms with Crippen molar-refractivity contribution in [3.05, 3.63) is 23.3 Å². The topological polar surface area (TPSA) is 43.4 Å². The average Bonchev–Trinajstić information content (AvgIpc) is 2.58. The Morgan fingerprint density at radius 1 is 1.53 bits per heavy atom. The van der Waals surface area contributed by atoms with Gasteiger partial charge in [0.2, 0.25) is 0 Å². The number of halogens is 1. The first-order chi connectivity index (χ1) is 8.02. The van der Waals surface area contributed by atoms with Gasteiger partial charge >= 0.3 is 5.97 Å². The molecule has 0 saturated carbocycles. The van der Waals surface area contributed by atoms with E-state index in [1.54, 1.807) is 6.92 Å². The van der Waals surface area contributed by atoms with Crippen molar-refractivity contribution in [1.29, 1.82) is 0 Å². The van der Waals surface area contributed by atoms with Crippen LogP contribution in [-0.2, 0) is 14.3 Å². The first-order valence-electron chi connectivity index (χ1n) is 5.65. The fourth-order valence-electron chi connectivity index (χ4n) is 1.63. The third-order valence-electron chi connectivity index (χ3n) is 2.51. The highest BCUT2D eigenvalue weighted by Gasteiger charge is 2.26. The van der Waals surface area contributed by atoms with Crippen molar-refractivity contribution in [3.8, 4) is 0 Å². The molecule has 0 spiro atoms. The fraction of sp³-hybridized carbons (Fsp3) is 0.538. The van der Waals surface area contributed by atoms with Crippen molar-refractivity contribution >= 4 is 27.7 Å². The SMILES string of the molecule is CC(=O)CC/C=C1\C[C@@H](/C=C(/C)CBr)OC1=O. The number of alkyl halides is 1. The Morgan fingerprint density at radius 2 is 2.24 bits per heavy atom. The van der Waals surface area contributed by atoms with E-state index in [0.29, 0.717) is 24.8 Å². The summed E-state index contributed by atoms with van der Waals surface area (Å²) in [6, 6.07) is 0. The van der Waals surface area contributed by atoms with Crippen LogP contribution >= 0.6 is 15.9 Å². The number of hydrogen-bond donors (Lipinski definition) is 0. The first kappa shape index (κ1) is 14.2. The normalized spacial score (nSPS) is 23.0. The molecule has 4 heteroatoms. The summed E-state index contributed by atoms with van der Waals surface area (Å²) in [6.45, 7) is 3.54. The molecule has 0 amide bonds. The lowest BCUT2D eigenvalue weighted by Gasteiger charge is -2.02. The summed E-state index contributed by atoms with van der Waals surface area (Å²) in [5.41, 5.74) is 1.84. The smallest absolute Gasteiger partial charge is 0.334 e. The van der Waals surface area contributed by atoms with E-state index in [0.717, 1.165) is 10.9 Å². The minimum absolute atomic E-state index is 0.139. The lowest BCUT2D eigenvalue weighted by atomic mass is 10.1. The van der Waals surface area contributed by atoms with Gasteiger partial charge in [-0.1, -0.05) is 27.6 Å². The van der Waals surface area contributed by atoms with E-state index in [-0.39, 0.29) is 17.9 Å². The molecule has 0 aromatic carbocycles. The Hall–Kier alpha value is -0.900. The molecule has 0 aromatic rings. The van der Waals surface area contributed by atoms with Crippen molar-refractivity contribution in [2.75, 3.05) is 5.33 Å². The maximum absolute atomic E-state index is 11.5. The van der Waals surface area contributed by atoms with Crippen LogP contribution < -0.4 is 0 Å². The standard InChI is InChI=1S/C13H17BrO3/c1-9(8-14)6-12-7-11(13(16)17-12)5-3-4-10(2)15/h5-6,12H,3-4,7-8H2,1-2H3/b9-6-,11-5+/t12-/m1/s1. The molecule has 1 fully saturated rings. The van der Waals surface area contributed by atoms with Gasteiger partial charge in [-0.3, -0.25) is 0 Å². The lowest BCUT2D eigenvalue weighted by molar-refractivity contribution is -0.137. The van der Waals surface area contributed by atoms with Crippen LogP contribution in [-0.4, -0.2) is 23.2 Å². The number of allylic oxidation sites excluding steroid dienone is 2. The number of ether oxygens (including phenoxy) is 1. The molecule has 0 aliphatic carbocycles. The van der Waals surface area contributed by atoms with Crippen LogP contribution in [0.1, 0.15) is 33.1 Å². The Labute approximate surface area is 110 Å². The van der Waals surface area contributed by atoms with Crippen molar-refractivity contribution < 1.29 is 14.3 Å². The van der Waals surface area contributed by atoms with Gasteiger partial charge in [0.1, 0.15) is 11.9 Å². The summed E-state index contributed by atoms with van der Waals surface area (Å²) in [5.74, 6) is -0.114. The Balaban J connectivity index is 2.55. The second-order valence-corrected chi connectivity index (χ2v) is 4.83. The zero-order chi connectivity index (χ0) is 12.8. The summed E-state index contributed by atoms with van der Waals surface area (Å²) in [5, 5.41) is 0.782. The summed E-state index contributed by atoms with van der Waals surface area (Å²) in [4.78, 5) is 22.3. The monoisotopic (exact) mass is 300 g/mol. The van der Waals surface area contributed by atoms with Gasteiger partial charge in [0, 0.05) is 23.7 Å². The summed E-state index contributed by atoms with van der Waals surface area (Å²) < 4.78 is 5.21. The van der Waals surface area contributed by atoms with Gasteiger partial charge in [-0.15, -0.1) is 0 Å². The highest BCUT2D eigenvalue weighted by Crippen LogP contribution is 2.23. The highest BCUT2D eigenvalue weighted by atomic mass is 79.9. The molecule has 0 bridgehead atoms. The number of Topliss-reactive ketones (excluding diaryl/α,β-unsaturated/α-hetero) is 1. The zero-order valence-corrected chi connectivity index (χ0v) is 11.7. The molecule has 1 heterocycles. The molecule has 0 N–H and O–H groups in total. The second kappa shape index (κ2) is 6.74. The van der Waals surface area contributed by atoms with Gasteiger partial charge in [-0.25, -0.2) is 4.79 Å². The van der Waals surface area contributed by atoms with Gasteiger partial charge in [0.25, 0.3) is 0 Å². The van der Waals surface area contributed by atoms with Crippen LogP contribution in [0.25, 0.3) is 0 Å². The molecule has 0 radical (unpaired) electrons. The van der Waals surface area contributed by atoms with Crippen LogP contribution in [0.3, 0.4) is 0 Å². The number of carbonyl (C=O) groups is 2. The third-order valence-corrected chi connectivity index (χ3v) is 3.39. The van der Waals surface area contributed by atoms with Crippen molar-refractivity contribution in [2.45, 2.75) is 39.2 Å². The van der Waals surface area contributed by atoms with Gasteiger partial charge in [0.15, 0.2) is 0 Å². The fourth-order valence-corrected chi connectivity index (χ4v) is 1.81. The Kier molecular flexibility index (Phi) is 5.62. The Morgan fingerprint density at radius 3 is 2.82 bits per heavy atom. The number of carbonyl (C=O) groups excluding carboxylic acids is 2. The molecular weight excluding hydrogens is 284 g/mol. The van der Waals surface area contributed by atoms with Gasteiger partial charge in [0.05, 0.1) is 0 Å². The molecule has 1 aliphatic heterocycles. The van der Waals surface area contributed by atoms with Gasteiger partial charge in [-0.05, 0) is 26.3 Å². The molecule has 1 aliphatic rings. The van der Waals surface area contributed by atoms with E-state index < -0.39 is 0 Å². The van der Waals surface area contributed by atoms with Crippen LogP contribution in [0.5, 0.6) is 0 Å². The van der Waals surface area contributed by atoms with E-state index in [1.807, 2.05) is 19.1 Å². The average molecular weight is 301 g/mol. The van der Waals surface area contributed by atoms with Crippen molar-refractivity contribution in [3.63, 3.8) is 0 Å². The number of esters is 1. The second-order valence-electron chi connectivity index (χ2n) is 4.26. The number of ketones is 1. The molecule has 1 rings (SSSR count). The lowest BCUT2D eigenvalue weighted by Crippen LogP contribution is -2.03. The first-order valence-corrected chi connectivity index (χ1v) is 6.77. The van der Waals surface area contributed by atoms with Crippen LogP contribution in [0.15, 0.2) is 23.3 Å². The maximum atomic E-state index is 11.5. The number of hydrogen-bond acceptors (Lipinski definition) is 3.